The molecule has 29 heavy (non-hydrogen) atoms. The number of carbonyl (C=O) groups excluding carboxylic acids is 1. The highest BCUT2D eigenvalue weighted by atomic mass is 79.9. The van der Waals surface area contributed by atoms with Crippen LogP contribution in [0.5, 0.6) is 17.2 Å². The third kappa shape index (κ3) is 5.01. The van der Waals surface area contributed by atoms with Crippen LogP contribution in [-0.2, 0) is 4.79 Å². The molecule has 2 aromatic carbocycles. The molecule has 0 aliphatic rings. The summed E-state index contributed by atoms with van der Waals surface area (Å²) in [6.45, 7) is 0. The number of nitrogens with zero attached hydrogens (tertiary/aromatic N) is 2. The fourth-order valence-corrected chi connectivity index (χ4v) is 3.51. The van der Waals surface area contributed by atoms with E-state index in [4.69, 9.17) is 18.6 Å². The van der Waals surface area contributed by atoms with Crippen LogP contribution in [0.1, 0.15) is 0 Å². The van der Waals surface area contributed by atoms with E-state index in [-0.39, 0.29) is 11.7 Å². The first-order chi connectivity index (χ1) is 14.0. The highest BCUT2D eigenvalue weighted by Crippen LogP contribution is 2.40. The maximum Gasteiger partial charge on any atom is 0.277 e. The molecule has 0 saturated heterocycles. The van der Waals surface area contributed by atoms with E-state index in [1.165, 1.54) is 21.3 Å². The van der Waals surface area contributed by atoms with Crippen molar-refractivity contribution in [2.24, 2.45) is 0 Å². The lowest BCUT2D eigenvalue weighted by Crippen LogP contribution is -2.14. The van der Waals surface area contributed by atoms with E-state index in [1.807, 2.05) is 24.3 Å². The summed E-state index contributed by atoms with van der Waals surface area (Å²) in [5.74, 6) is 1.58. The van der Waals surface area contributed by atoms with E-state index < -0.39 is 0 Å². The molecule has 0 radical (unpaired) electrons. The Morgan fingerprint density at radius 1 is 1.10 bits per heavy atom. The number of ether oxygens (including phenoxy) is 3. The summed E-state index contributed by atoms with van der Waals surface area (Å²) >= 11 is 4.59. The van der Waals surface area contributed by atoms with Crippen LogP contribution in [0.2, 0.25) is 0 Å². The number of thioether (sulfide) groups is 1. The van der Waals surface area contributed by atoms with Gasteiger partial charge in [-0.05, 0) is 28.1 Å². The summed E-state index contributed by atoms with van der Waals surface area (Å²) in [5, 5.41) is 11.1. The van der Waals surface area contributed by atoms with E-state index in [2.05, 4.69) is 31.4 Å². The van der Waals surface area contributed by atoms with Gasteiger partial charge in [0.15, 0.2) is 11.5 Å². The van der Waals surface area contributed by atoms with Crippen LogP contribution in [0.15, 0.2) is 50.5 Å². The molecule has 1 N–H and O–H groups in total. The molecular weight excluding hydrogens is 462 g/mol. The summed E-state index contributed by atoms with van der Waals surface area (Å²) in [4.78, 5) is 12.3. The van der Waals surface area contributed by atoms with Crippen LogP contribution < -0.4 is 19.5 Å². The Labute approximate surface area is 180 Å². The number of aromatic nitrogens is 2. The number of amides is 1. The first-order valence-corrected chi connectivity index (χ1v) is 10.1. The molecule has 1 heterocycles. The van der Waals surface area contributed by atoms with Gasteiger partial charge in [0.05, 0.1) is 32.6 Å². The van der Waals surface area contributed by atoms with Crippen LogP contribution in [0.3, 0.4) is 0 Å². The van der Waals surface area contributed by atoms with Gasteiger partial charge >= 0.3 is 0 Å². The molecular formula is C19H18BrN3O5S. The molecule has 0 atom stereocenters. The lowest BCUT2D eigenvalue weighted by molar-refractivity contribution is -0.113. The maximum absolute atomic E-state index is 12.3. The molecule has 3 aromatic rings. The molecule has 1 aromatic heterocycles. The van der Waals surface area contributed by atoms with Crippen molar-refractivity contribution in [3.8, 4) is 28.7 Å². The molecule has 152 valence electrons. The van der Waals surface area contributed by atoms with Gasteiger partial charge in [-0.15, -0.1) is 10.2 Å². The fourth-order valence-electron chi connectivity index (χ4n) is 2.49. The number of benzene rings is 2. The zero-order valence-electron chi connectivity index (χ0n) is 15.9. The van der Waals surface area contributed by atoms with Crippen molar-refractivity contribution in [2.45, 2.75) is 5.22 Å². The summed E-state index contributed by atoms with van der Waals surface area (Å²) in [5.41, 5.74) is 1.30. The third-order valence-corrected chi connectivity index (χ3v) is 5.30. The van der Waals surface area contributed by atoms with Gasteiger partial charge in [0.1, 0.15) is 0 Å². The standard InChI is InChI=1S/C19H18BrN3O5S/c1-25-14-8-11(9-15(26-2)17(14)27-3)21-16(24)10-29-19-23-22-18(28-19)12-6-4-5-7-13(12)20/h4-9H,10H2,1-3H3,(H,21,24). The molecule has 0 spiro atoms. The minimum atomic E-state index is -0.245. The summed E-state index contributed by atoms with van der Waals surface area (Å²) in [6, 6.07) is 10.8. The Bertz CT molecular complexity index is 986. The van der Waals surface area contributed by atoms with E-state index in [1.54, 1.807) is 12.1 Å². The number of halogens is 1. The van der Waals surface area contributed by atoms with Crippen molar-refractivity contribution in [1.29, 1.82) is 0 Å². The average Bonchev–Trinajstić information content (AvgIpc) is 3.20. The minimum absolute atomic E-state index is 0.0915. The minimum Gasteiger partial charge on any atom is -0.493 e. The molecule has 1 amide bonds. The molecule has 0 aliphatic heterocycles. The molecule has 0 saturated carbocycles. The maximum atomic E-state index is 12.3. The van der Waals surface area contributed by atoms with Crippen LogP contribution in [0.25, 0.3) is 11.5 Å². The Morgan fingerprint density at radius 3 is 2.41 bits per heavy atom. The molecule has 8 nitrogen and oxygen atoms in total. The number of nitrogens with one attached hydrogen (secondary N) is 1. The number of hydrogen-bond donors (Lipinski definition) is 1. The van der Waals surface area contributed by atoms with Gasteiger partial charge in [0.2, 0.25) is 17.5 Å². The summed E-state index contributed by atoms with van der Waals surface area (Å²) in [7, 11) is 4.54. The molecule has 0 aliphatic carbocycles. The van der Waals surface area contributed by atoms with Crippen LogP contribution in [-0.4, -0.2) is 43.2 Å². The second-order valence-electron chi connectivity index (χ2n) is 5.60. The summed E-state index contributed by atoms with van der Waals surface area (Å²) < 4.78 is 22.3. The largest absolute Gasteiger partial charge is 0.493 e. The summed E-state index contributed by atoms with van der Waals surface area (Å²) in [6.07, 6.45) is 0. The van der Waals surface area contributed by atoms with Crippen molar-refractivity contribution < 1.29 is 23.4 Å². The van der Waals surface area contributed by atoms with E-state index in [0.29, 0.717) is 34.0 Å². The van der Waals surface area contributed by atoms with Gasteiger partial charge in [0, 0.05) is 22.3 Å². The number of carbonyl (C=O) groups is 1. The molecule has 0 unspecified atom stereocenters. The topological polar surface area (TPSA) is 95.7 Å². The average molecular weight is 480 g/mol. The first kappa shape index (κ1) is 21.0. The van der Waals surface area contributed by atoms with Gasteiger partial charge in [-0.3, -0.25) is 4.79 Å². The lowest BCUT2D eigenvalue weighted by atomic mass is 10.2. The Kier molecular flexibility index (Phi) is 6.99. The predicted octanol–water partition coefficient (Wildman–Crippen LogP) is 4.26. The number of methoxy groups -OCH3 is 3. The van der Waals surface area contributed by atoms with Crippen LogP contribution >= 0.6 is 27.7 Å². The number of anilines is 1. The van der Waals surface area contributed by atoms with Crippen molar-refractivity contribution in [2.75, 3.05) is 32.4 Å². The van der Waals surface area contributed by atoms with Crippen molar-refractivity contribution >= 4 is 39.3 Å². The van der Waals surface area contributed by atoms with Crippen molar-refractivity contribution in [3.05, 3.63) is 40.9 Å². The fraction of sp³-hybridized carbons (Fsp3) is 0.211. The predicted molar refractivity (Wildman–Crippen MR) is 113 cm³/mol. The zero-order valence-corrected chi connectivity index (χ0v) is 18.3. The second kappa shape index (κ2) is 9.66. The Balaban J connectivity index is 1.64. The SMILES string of the molecule is COc1cc(NC(=O)CSc2nnc(-c3ccccc3Br)o2)cc(OC)c1OC. The number of hydrogen-bond acceptors (Lipinski definition) is 8. The van der Waals surface area contributed by atoms with E-state index in [9.17, 15) is 4.79 Å². The molecule has 0 bridgehead atoms. The zero-order chi connectivity index (χ0) is 20.8. The van der Waals surface area contributed by atoms with E-state index >= 15 is 0 Å². The Hall–Kier alpha value is -2.72. The van der Waals surface area contributed by atoms with E-state index in [0.717, 1.165) is 21.8 Å². The quantitative estimate of drug-likeness (QED) is 0.478. The molecule has 10 heteroatoms. The van der Waals surface area contributed by atoms with Gasteiger partial charge in [-0.2, -0.15) is 0 Å². The smallest absolute Gasteiger partial charge is 0.277 e. The van der Waals surface area contributed by atoms with Gasteiger partial charge < -0.3 is 23.9 Å². The first-order valence-electron chi connectivity index (χ1n) is 8.36. The highest BCUT2D eigenvalue weighted by Gasteiger charge is 2.16. The number of rotatable bonds is 8. The van der Waals surface area contributed by atoms with Crippen molar-refractivity contribution in [1.82, 2.24) is 10.2 Å². The third-order valence-electron chi connectivity index (χ3n) is 3.79. The van der Waals surface area contributed by atoms with Crippen molar-refractivity contribution in [3.63, 3.8) is 0 Å². The van der Waals surface area contributed by atoms with Gasteiger partial charge in [0.25, 0.3) is 5.22 Å². The van der Waals surface area contributed by atoms with Crippen LogP contribution in [0.4, 0.5) is 5.69 Å². The Morgan fingerprint density at radius 2 is 1.79 bits per heavy atom. The van der Waals surface area contributed by atoms with Gasteiger partial charge in [-0.1, -0.05) is 23.9 Å². The molecule has 3 rings (SSSR count). The highest BCUT2D eigenvalue weighted by molar-refractivity contribution is 9.10. The lowest BCUT2D eigenvalue weighted by Gasteiger charge is -2.14. The monoisotopic (exact) mass is 479 g/mol. The van der Waals surface area contributed by atoms with Crippen LogP contribution in [0, 0.1) is 0 Å². The second-order valence-corrected chi connectivity index (χ2v) is 7.38. The molecule has 0 fully saturated rings. The van der Waals surface area contributed by atoms with Gasteiger partial charge in [-0.25, -0.2) is 0 Å². The normalized spacial score (nSPS) is 10.5.